The number of ether oxygens (including phenoxy) is 6. The molecule has 6 aliphatic rings. The summed E-state index contributed by atoms with van der Waals surface area (Å²) in [5.74, 6) is 2.76. The Morgan fingerprint density at radius 3 is 1.05 bits per heavy atom. The van der Waals surface area contributed by atoms with Crippen molar-refractivity contribution in [2.45, 2.75) is 63.6 Å². The minimum atomic E-state index is -3.20. The number of aromatic nitrogens is 6. The highest BCUT2D eigenvalue weighted by molar-refractivity contribution is 7.88. The number of benzene rings is 3. The third kappa shape index (κ3) is 24.4. The van der Waals surface area contributed by atoms with Gasteiger partial charge in [0.2, 0.25) is 69.1 Å². The number of carbonyl (C=O) groups is 4. The summed E-state index contributed by atoms with van der Waals surface area (Å²) < 4.78 is 71.7. The summed E-state index contributed by atoms with van der Waals surface area (Å²) >= 11 is 18.8. The van der Waals surface area contributed by atoms with Gasteiger partial charge in [-0.1, -0.05) is 54.5 Å². The second kappa shape index (κ2) is 42.2. The SMILES string of the molecule is C=CC(=O)Nc1cc(Nc2ncc(Cl)c(OCC3CN(C(C)=O)C3)n2)c(OC)cc1N1CCC(N(C)C)CC1.C=CC(=O)Nc1cc(Nc2ncc(Cl)c(OCC3CN(CCF)C3)n2)c(OC)cc1N1CCC(N(C)C)CC1.C=CC(=O)Nc1cc(Nc2ncc(Cl)c(OCC3CN(S(C)(=O)=O)C3)n2)c(OC)cc1N1CCC(N(C)C)CC1. The first-order valence-electron chi connectivity index (χ1n) is 38.9. The maximum Gasteiger partial charge on any atom is 0.247 e. The molecule has 4 amide bonds. The predicted octanol–water partition coefficient (Wildman–Crippen LogP) is 10.0. The van der Waals surface area contributed by atoms with Crippen LogP contribution in [0.15, 0.2) is 93.0 Å². The fourth-order valence-corrected chi connectivity index (χ4v) is 15.8. The van der Waals surface area contributed by atoms with E-state index in [-0.39, 0.29) is 94.3 Å². The van der Waals surface area contributed by atoms with Crippen LogP contribution in [0.1, 0.15) is 45.4 Å². The van der Waals surface area contributed by atoms with Crippen molar-refractivity contribution in [3.05, 3.63) is 108 Å². The molecule has 0 radical (unpaired) electrons. The number of sulfonamides is 1. The molecule has 0 saturated carbocycles. The number of piperidine rings is 3. The summed E-state index contributed by atoms with van der Waals surface area (Å²) in [6, 6.07) is 12.6. The van der Waals surface area contributed by atoms with Crippen molar-refractivity contribution < 1.29 is 60.4 Å². The Hall–Kier alpha value is -9.85. The molecule has 640 valence electrons. The molecule has 38 heteroatoms. The lowest BCUT2D eigenvalue weighted by Gasteiger charge is -2.38. The van der Waals surface area contributed by atoms with E-state index in [4.69, 9.17) is 63.2 Å². The number of hydrogen-bond donors (Lipinski definition) is 6. The topological polar surface area (TPSA) is 336 Å². The Balaban J connectivity index is 0.000000186. The van der Waals surface area contributed by atoms with Crippen molar-refractivity contribution in [3.63, 3.8) is 0 Å². The van der Waals surface area contributed by atoms with Crippen LogP contribution in [0.25, 0.3) is 0 Å². The second-order valence-corrected chi connectivity index (χ2v) is 33.4. The highest BCUT2D eigenvalue weighted by Gasteiger charge is 2.36. The van der Waals surface area contributed by atoms with Gasteiger partial charge in [-0.25, -0.2) is 32.1 Å². The van der Waals surface area contributed by atoms with Crippen molar-refractivity contribution in [2.75, 3.05) is 228 Å². The van der Waals surface area contributed by atoms with Crippen molar-refractivity contribution in [1.29, 1.82) is 0 Å². The van der Waals surface area contributed by atoms with Gasteiger partial charge in [-0.15, -0.1) is 0 Å². The van der Waals surface area contributed by atoms with Gasteiger partial charge < -0.3 is 94.6 Å². The number of rotatable bonds is 33. The van der Waals surface area contributed by atoms with Crippen LogP contribution in [0, 0.1) is 17.8 Å². The lowest BCUT2D eigenvalue weighted by atomic mass is 10.0. The maximum absolute atomic E-state index is 12.5. The molecule has 12 rings (SSSR count). The zero-order chi connectivity index (χ0) is 85.1. The van der Waals surface area contributed by atoms with E-state index in [1.54, 1.807) is 51.4 Å². The summed E-state index contributed by atoms with van der Waals surface area (Å²) in [5.41, 5.74) is 6.09. The molecule has 0 atom stereocenters. The van der Waals surface area contributed by atoms with E-state index >= 15 is 0 Å². The van der Waals surface area contributed by atoms with Crippen LogP contribution < -0.4 is 75.0 Å². The van der Waals surface area contributed by atoms with Crippen LogP contribution in [0.3, 0.4) is 0 Å². The van der Waals surface area contributed by atoms with E-state index < -0.39 is 10.0 Å². The van der Waals surface area contributed by atoms with E-state index in [9.17, 15) is 32.0 Å². The number of methoxy groups -OCH3 is 3. The molecule has 0 aliphatic carbocycles. The van der Waals surface area contributed by atoms with Crippen LogP contribution in [-0.4, -0.2) is 290 Å². The molecule has 6 aromatic rings. The van der Waals surface area contributed by atoms with Crippen LogP contribution in [0.2, 0.25) is 15.1 Å². The number of likely N-dealkylation sites (tertiary alicyclic amines) is 2. The molecule has 9 heterocycles. The average molecular weight is 1710 g/mol. The molecule has 6 N–H and O–H groups in total. The molecule has 3 aromatic carbocycles. The van der Waals surface area contributed by atoms with Crippen molar-refractivity contribution in [3.8, 4) is 34.9 Å². The number of amides is 4. The molecule has 0 spiro atoms. The number of carbonyl (C=O) groups excluding carboxylic acids is 4. The minimum Gasteiger partial charge on any atom is -0.494 e. The molecule has 6 fully saturated rings. The third-order valence-electron chi connectivity index (χ3n) is 21.4. The second-order valence-electron chi connectivity index (χ2n) is 30.2. The van der Waals surface area contributed by atoms with Gasteiger partial charge in [0.1, 0.15) is 39.0 Å². The summed E-state index contributed by atoms with van der Waals surface area (Å²) in [4.78, 5) is 91.7. The molecular formula is C80H109Cl3FN21O12S. The smallest absolute Gasteiger partial charge is 0.247 e. The Morgan fingerprint density at radius 1 is 0.492 bits per heavy atom. The monoisotopic (exact) mass is 1710 g/mol. The van der Waals surface area contributed by atoms with Gasteiger partial charge in [-0.2, -0.15) is 15.0 Å². The van der Waals surface area contributed by atoms with Crippen LogP contribution in [0.4, 0.5) is 73.4 Å². The number of anilines is 12. The first kappa shape index (κ1) is 90.5. The van der Waals surface area contributed by atoms with Gasteiger partial charge in [0.15, 0.2) is 0 Å². The standard InChI is InChI=1S/C27H37ClFN7O3.C27H36ClN7O4.C26H36ClN7O5S/c1-5-25(37)31-21-12-22(24(38-4)13-23(21)36-9-6-19(7-10-36)34(2)3)32-27-30-14-20(28)26(33-27)39-17-18-15-35(16-18)11-8-29;1-6-25(37)30-21-11-22(24(38-5)12-23(21)34-9-7-19(8-10-34)33(3)4)31-27-29-13-20(28)26(32-27)39-16-18-14-35(15-18)17(2)36;1-6-24(35)29-20-11-21(23(38-4)12-22(20)33-9-7-18(8-10-33)32(2)3)30-26-28-13-19(27)25(31-26)39-16-17-14-34(15-17)40(5,36)37/h5,12-14,18-19H,1,6-11,15-17H2,2-4H3,(H,31,37)(H,30,32,33);6,11-13,18-19H,1,7-10,14-16H2,2-5H3,(H,30,37)(H,29,31,32);6,11-13,17-18H,1,7-10,14-16H2,2-5H3,(H,29,35)(H,28,30,31). The normalized spacial score (nSPS) is 16.5. The molecule has 0 unspecified atom stereocenters. The number of hydrogen-bond acceptors (Lipinski definition) is 28. The Morgan fingerprint density at radius 2 is 0.788 bits per heavy atom. The third-order valence-corrected chi connectivity index (χ3v) is 23.4. The lowest BCUT2D eigenvalue weighted by Crippen LogP contribution is -2.51. The summed E-state index contributed by atoms with van der Waals surface area (Å²) in [5, 5.41) is 19.1. The lowest BCUT2D eigenvalue weighted by molar-refractivity contribution is -0.135. The van der Waals surface area contributed by atoms with Gasteiger partial charge in [-0.3, -0.25) is 24.1 Å². The Bertz CT molecular complexity index is 4620. The largest absolute Gasteiger partial charge is 0.494 e. The first-order chi connectivity index (χ1) is 56.5. The molecule has 33 nitrogen and oxygen atoms in total. The zero-order valence-corrected chi connectivity index (χ0v) is 71.9. The van der Waals surface area contributed by atoms with E-state index in [0.29, 0.717) is 126 Å². The van der Waals surface area contributed by atoms with Crippen molar-refractivity contribution in [1.82, 2.24) is 58.7 Å². The number of alkyl halides is 1. The van der Waals surface area contributed by atoms with Crippen molar-refractivity contribution >= 4 is 137 Å². The van der Waals surface area contributed by atoms with E-state index in [0.717, 1.165) is 108 Å². The van der Waals surface area contributed by atoms with Gasteiger partial charge in [0, 0.05) is 146 Å². The van der Waals surface area contributed by atoms with Crippen LogP contribution in [0.5, 0.6) is 34.9 Å². The zero-order valence-electron chi connectivity index (χ0n) is 68.8. The van der Waals surface area contributed by atoms with Crippen LogP contribution in [-0.2, 0) is 29.2 Å². The van der Waals surface area contributed by atoms with Gasteiger partial charge in [-0.05, 0) is 117 Å². The minimum absolute atomic E-state index is 0.0450. The fourth-order valence-electron chi connectivity index (χ4n) is 14.4. The summed E-state index contributed by atoms with van der Waals surface area (Å²) in [6.45, 7) is 22.2. The highest BCUT2D eigenvalue weighted by atomic mass is 35.5. The Kier molecular flexibility index (Phi) is 32.4. The summed E-state index contributed by atoms with van der Waals surface area (Å²) in [6.07, 6.45) is 15.3. The molecule has 0 bridgehead atoms. The number of halogens is 4. The molecule has 6 aliphatic heterocycles. The molecular weight excluding hydrogens is 1600 g/mol. The highest BCUT2D eigenvalue weighted by Crippen LogP contribution is 2.44. The van der Waals surface area contributed by atoms with Gasteiger partial charge >= 0.3 is 0 Å². The quantitative estimate of drug-likeness (QED) is 0.0209. The first-order valence-corrected chi connectivity index (χ1v) is 41.9. The van der Waals surface area contributed by atoms with E-state index in [2.05, 4.69) is 153 Å². The van der Waals surface area contributed by atoms with Crippen LogP contribution >= 0.6 is 34.8 Å². The molecule has 3 aromatic heterocycles. The molecule has 6 saturated heterocycles. The van der Waals surface area contributed by atoms with Crippen molar-refractivity contribution in [2.24, 2.45) is 17.8 Å². The van der Waals surface area contributed by atoms with Gasteiger partial charge in [0.05, 0.1) is 117 Å². The number of nitrogens with one attached hydrogen (secondary N) is 6. The van der Waals surface area contributed by atoms with Gasteiger partial charge in [0.25, 0.3) is 0 Å². The maximum atomic E-state index is 12.5. The number of nitrogens with zero attached hydrogens (tertiary/aromatic N) is 15. The molecule has 118 heavy (non-hydrogen) atoms. The predicted molar refractivity (Wildman–Crippen MR) is 461 cm³/mol. The van der Waals surface area contributed by atoms with E-state index in [1.165, 1.54) is 47.4 Å². The summed E-state index contributed by atoms with van der Waals surface area (Å²) in [7, 11) is 14.1. The van der Waals surface area contributed by atoms with E-state index in [1.807, 2.05) is 23.1 Å². The average Bonchev–Trinajstić information content (AvgIpc) is 0.797. The fraction of sp³-hybridized carbons (Fsp3) is 0.500. The Labute approximate surface area is 704 Å².